The van der Waals surface area contributed by atoms with Crippen molar-refractivity contribution in [1.29, 1.82) is 0 Å². The quantitative estimate of drug-likeness (QED) is 0.365. The molecule has 0 amide bonds. The van der Waals surface area contributed by atoms with Gasteiger partial charge < -0.3 is 14.2 Å². The number of ether oxygens (including phenoxy) is 3. The van der Waals surface area contributed by atoms with E-state index < -0.39 is 5.97 Å². The maximum absolute atomic E-state index is 12.6. The number of carbonyl (C=O) groups is 2. The monoisotopic (exact) mass is 386 g/mol. The van der Waals surface area contributed by atoms with E-state index in [1.807, 2.05) is 31.2 Å². The summed E-state index contributed by atoms with van der Waals surface area (Å²) in [4.78, 5) is 25.0. The van der Waals surface area contributed by atoms with Crippen LogP contribution in [0.1, 0.15) is 31.8 Å². The number of benzene rings is 3. The van der Waals surface area contributed by atoms with Gasteiger partial charge in [0.2, 0.25) is 5.78 Å². The van der Waals surface area contributed by atoms with Crippen LogP contribution in [0.4, 0.5) is 0 Å². The summed E-state index contributed by atoms with van der Waals surface area (Å²) in [5.41, 5.74) is 2.77. The Balaban J connectivity index is 1.55. The highest BCUT2D eigenvalue weighted by Crippen LogP contribution is 2.35. The fourth-order valence-corrected chi connectivity index (χ4v) is 3.06. The van der Waals surface area contributed by atoms with Gasteiger partial charge >= 0.3 is 5.97 Å². The number of Topliss-reactive ketones (excluding diaryl/α,β-unsaturated/α-hetero) is 1. The molecule has 0 saturated heterocycles. The molecule has 0 aliphatic carbocycles. The van der Waals surface area contributed by atoms with E-state index in [1.165, 1.54) is 7.11 Å². The van der Waals surface area contributed by atoms with Crippen molar-refractivity contribution in [2.75, 3.05) is 7.11 Å². The van der Waals surface area contributed by atoms with Crippen LogP contribution >= 0.6 is 0 Å². The summed E-state index contributed by atoms with van der Waals surface area (Å²) in [7, 11) is 1.53. The van der Waals surface area contributed by atoms with Crippen molar-refractivity contribution in [2.45, 2.75) is 6.92 Å². The lowest BCUT2D eigenvalue weighted by atomic mass is 10.1. The standard InChI is InChI=1S/C24H18O5/c1-15-5-3-6-16(11-15)12-22-23(25)20-10-9-19(14-21(20)29-22)28-24(26)17-7-4-8-18(13-17)27-2/h3-14H,1-2H3/b22-12-. The fourth-order valence-electron chi connectivity index (χ4n) is 3.06. The van der Waals surface area contributed by atoms with Gasteiger partial charge in [-0.2, -0.15) is 0 Å². The predicted molar refractivity (Wildman–Crippen MR) is 109 cm³/mol. The zero-order valence-electron chi connectivity index (χ0n) is 16.0. The molecular formula is C24H18O5. The van der Waals surface area contributed by atoms with E-state index in [0.717, 1.165) is 11.1 Å². The number of fused-ring (bicyclic) bond motifs is 1. The molecule has 0 spiro atoms. The Bertz CT molecular complexity index is 1140. The van der Waals surface area contributed by atoms with E-state index >= 15 is 0 Å². The van der Waals surface area contributed by atoms with Crippen molar-refractivity contribution >= 4 is 17.8 Å². The Morgan fingerprint density at radius 3 is 2.59 bits per heavy atom. The Morgan fingerprint density at radius 1 is 0.966 bits per heavy atom. The Morgan fingerprint density at radius 2 is 1.79 bits per heavy atom. The van der Waals surface area contributed by atoms with Gasteiger partial charge in [-0.15, -0.1) is 0 Å². The summed E-state index contributed by atoms with van der Waals surface area (Å²) < 4.78 is 16.3. The van der Waals surface area contributed by atoms with Crippen molar-refractivity contribution < 1.29 is 23.8 Å². The molecule has 4 rings (SSSR count). The lowest BCUT2D eigenvalue weighted by Crippen LogP contribution is -2.08. The molecule has 0 N–H and O–H groups in total. The third-order valence-electron chi connectivity index (χ3n) is 4.50. The van der Waals surface area contributed by atoms with Gasteiger partial charge in [-0.05, 0) is 48.9 Å². The minimum Gasteiger partial charge on any atom is -0.497 e. The highest BCUT2D eigenvalue weighted by molar-refractivity contribution is 6.14. The summed E-state index contributed by atoms with van der Waals surface area (Å²) in [5.74, 6) is 0.733. The molecule has 0 saturated carbocycles. The van der Waals surface area contributed by atoms with Crippen LogP contribution < -0.4 is 14.2 Å². The van der Waals surface area contributed by atoms with Crippen LogP contribution in [0.3, 0.4) is 0 Å². The lowest BCUT2D eigenvalue weighted by molar-refractivity contribution is 0.0734. The first-order valence-electron chi connectivity index (χ1n) is 9.05. The van der Waals surface area contributed by atoms with E-state index in [0.29, 0.717) is 28.4 Å². The van der Waals surface area contributed by atoms with Gasteiger partial charge in [0.25, 0.3) is 0 Å². The third kappa shape index (κ3) is 3.89. The highest BCUT2D eigenvalue weighted by atomic mass is 16.5. The molecule has 1 heterocycles. The van der Waals surface area contributed by atoms with E-state index in [4.69, 9.17) is 14.2 Å². The number of hydrogen-bond acceptors (Lipinski definition) is 5. The number of allylic oxidation sites excluding steroid dienone is 1. The minimum atomic E-state index is -0.524. The van der Waals surface area contributed by atoms with E-state index in [9.17, 15) is 9.59 Å². The van der Waals surface area contributed by atoms with Crippen LogP contribution in [-0.4, -0.2) is 18.9 Å². The highest BCUT2D eigenvalue weighted by Gasteiger charge is 2.28. The predicted octanol–water partition coefficient (Wildman–Crippen LogP) is 4.84. The molecule has 0 unspecified atom stereocenters. The molecule has 0 atom stereocenters. The molecule has 0 aromatic heterocycles. The molecule has 3 aromatic rings. The summed E-state index contributed by atoms with van der Waals surface area (Å²) in [6, 6.07) is 19.2. The van der Waals surface area contributed by atoms with Gasteiger partial charge in [-0.25, -0.2) is 4.79 Å². The number of rotatable bonds is 4. The zero-order chi connectivity index (χ0) is 20.4. The Labute approximate surface area is 168 Å². The average molecular weight is 386 g/mol. The third-order valence-corrected chi connectivity index (χ3v) is 4.50. The summed E-state index contributed by atoms with van der Waals surface area (Å²) >= 11 is 0. The molecule has 29 heavy (non-hydrogen) atoms. The average Bonchev–Trinajstić information content (AvgIpc) is 3.02. The topological polar surface area (TPSA) is 61.8 Å². The number of carbonyl (C=O) groups excluding carboxylic acids is 2. The molecule has 144 valence electrons. The minimum absolute atomic E-state index is 0.202. The molecule has 0 bridgehead atoms. The largest absolute Gasteiger partial charge is 0.497 e. The van der Waals surface area contributed by atoms with Gasteiger partial charge in [0.05, 0.1) is 18.2 Å². The van der Waals surface area contributed by atoms with Crippen LogP contribution in [0.25, 0.3) is 6.08 Å². The van der Waals surface area contributed by atoms with E-state index in [-0.39, 0.29) is 11.5 Å². The fraction of sp³-hybridized carbons (Fsp3) is 0.0833. The number of ketones is 1. The molecule has 0 fully saturated rings. The maximum Gasteiger partial charge on any atom is 0.343 e. The van der Waals surface area contributed by atoms with E-state index in [1.54, 1.807) is 48.5 Å². The van der Waals surface area contributed by atoms with E-state index in [2.05, 4.69) is 0 Å². The molecular weight excluding hydrogens is 368 g/mol. The molecule has 0 radical (unpaired) electrons. The van der Waals surface area contributed by atoms with Gasteiger partial charge in [-0.1, -0.05) is 35.9 Å². The molecule has 5 nitrogen and oxygen atoms in total. The van der Waals surface area contributed by atoms with Crippen LogP contribution in [-0.2, 0) is 0 Å². The second-order valence-electron chi connectivity index (χ2n) is 6.63. The van der Waals surface area contributed by atoms with Crippen LogP contribution in [0, 0.1) is 6.92 Å². The number of hydrogen-bond donors (Lipinski definition) is 0. The number of methoxy groups -OCH3 is 1. The van der Waals surface area contributed by atoms with Crippen molar-refractivity contribution in [3.05, 3.63) is 94.7 Å². The first kappa shape index (κ1) is 18.5. The molecule has 3 aromatic carbocycles. The molecule has 5 heteroatoms. The molecule has 1 aliphatic heterocycles. The van der Waals surface area contributed by atoms with Crippen LogP contribution in [0.15, 0.2) is 72.5 Å². The SMILES string of the molecule is COc1cccc(C(=O)Oc2ccc3c(c2)O/C(=C\c2cccc(C)c2)C3=O)c1. The number of aryl methyl sites for hydroxylation is 1. The smallest absolute Gasteiger partial charge is 0.343 e. The van der Waals surface area contributed by atoms with Crippen molar-refractivity contribution in [3.8, 4) is 17.2 Å². The number of esters is 1. The Hall–Kier alpha value is -3.86. The van der Waals surface area contributed by atoms with Gasteiger partial charge in [-0.3, -0.25) is 4.79 Å². The van der Waals surface area contributed by atoms with Crippen LogP contribution in [0.5, 0.6) is 17.2 Å². The summed E-state index contributed by atoms with van der Waals surface area (Å²) in [6.07, 6.45) is 1.71. The van der Waals surface area contributed by atoms with Gasteiger partial charge in [0, 0.05) is 6.07 Å². The maximum atomic E-state index is 12.6. The zero-order valence-corrected chi connectivity index (χ0v) is 16.0. The summed E-state index contributed by atoms with van der Waals surface area (Å²) in [6.45, 7) is 1.98. The second kappa shape index (κ2) is 7.64. The van der Waals surface area contributed by atoms with Crippen molar-refractivity contribution in [1.82, 2.24) is 0 Å². The first-order chi connectivity index (χ1) is 14.0. The first-order valence-corrected chi connectivity index (χ1v) is 9.05. The van der Waals surface area contributed by atoms with Crippen molar-refractivity contribution in [2.24, 2.45) is 0 Å². The Kier molecular flexibility index (Phi) is 4.87. The molecule has 1 aliphatic rings. The van der Waals surface area contributed by atoms with Crippen LogP contribution in [0.2, 0.25) is 0 Å². The second-order valence-corrected chi connectivity index (χ2v) is 6.63. The van der Waals surface area contributed by atoms with Gasteiger partial charge in [0.1, 0.15) is 17.2 Å². The summed E-state index contributed by atoms with van der Waals surface area (Å²) in [5, 5.41) is 0. The lowest BCUT2D eigenvalue weighted by Gasteiger charge is -2.07. The normalized spacial score (nSPS) is 13.7. The van der Waals surface area contributed by atoms with Crippen molar-refractivity contribution in [3.63, 3.8) is 0 Å². The van der Waals surface area contributed by atoms with Gasteiger partial charge in [0.15, 0.2) is 5.76 Å².